The molecule has 1 atom stereocenters. The van der Waals surface area contributed by atoms with Gasteiger partial charge in [0.1, 0.15) is 0 Å². The van der Waals surface area contributed by atoms with Crippen LogP contribution in [0, 0.1) is 5.92 Å². The third kappa shape index (κ3) is 2.68. The molecule has 0 radical (unpaired) electrons. The number of fused-ring (bicyclic) bond motifs is 1. The van der Waals surface area contributed by atoms with Crippen molar-refractivity contribution in [2.45, 2.75) is 31.0 Å². The van der Waals surface area contributed by atoms with Crippen LogP contribution in [0.5, 0.6) is 0 Å². The van der Waals surface area contributed by atoms with Gasteiger partial charge >= 0.3 is 5.97 Å². The Kier molecular flexibility index (Phi) is 3.73. The SMILES string of the molecule is O=C(O)C1CCCN(S(=O)(=O)c2ccc3c(c2)COC3)C1. The van der Waals surface area contributed by atoms with Gasteiger partial charge in [-0.1, -0.05) is 6.07 Å². The minimum atomic E-state index is -3.64. The molecule has 7 heteroatoms. The van der Waals surface area contributed by atoms with Crippen LogP contribution >= 0.6 is 0 Å². The van der Waals surface area contributed by atoms with Gasteiger partial charge in [-0.2, -0.15) is 4.31 Å². The summed E-state index contributed by atoms with van der Waals surface area (Å²) < 4.78 is 31.9. The number of piperidine rings is 1. The number of nitrogens with zero attached hydrogens (tertiary/aromatic N) is 1. The van der Waals surface area contributed by atoms with Gasteiger partial charge in [0.15, 0.2) is 0 Å². The number of sulfonamides is 1. The molecular weight excluding hydrogens is 294 g/mol. The fourth-order valence-corrected chi connectivity index (χ4v) is 4.40. The molecule has 1 N–H and O–H groups in total. The van der Waals surface area contributed by atoms with Gasteiger partial charge < -0.3 is 9.84 Å². The lowest BCUT2D eigenvalue weighted by Crippen LogP contribution is -2.42. The van der Waals surface area contributed by atoms with Crippen LogP contribution in [-0.2, 0) is 32.8 Å². The molecular formula is C14H17NO5S. The van der Waals surface area contributed by atoms with E-state index in [0.717, 1.165) is 11.1 Å². The van der Waals surface area contributed by atoms with Gasteiger partial charge in [-0.15, -0.1) is 0 Å². The van der Waals surface area contributed by atoms with E-state index < -0.39 is 21.9 Å². The minimum Gasteiger partial charge on any atom is -0.481 e. The average molecular weight is 311 g/mol. The second-order valence-electron chi connectivity index (χ2n) is 5.46. The Morgan fingerprint density at radius 1 is 1.29 bits per heavy atom. The number of aliphatic carboxylic acids is 1. The van der Waals surface area contributed by atoms with Crippen molar-refractivity contribution in [3.05, 3.63) is 29.3 Å². The topological polar surface area (TPSA) is 83.9 Å². The maximum atomic E-state index is 12.6. The van der Waals surface area contributed by atoms with Crippen molar-refractivity contribution in [3.63, 3.8) is 0 Å². The highest BCUT2D eigenvalue weighted by Crippen LogP contribution is 2.27. The lowest BCUT2D eigenvalue weighted by molar-refractivity contribution is -0.142. The third-order valence-corrected chi connectivity index (χ3v) is 5.93. The van der Waals surface area contributed by atoms with Crippen molar-refractivity contribution < 1.29 is 23.1 Å². The van der Waals surface area contributed by atoms with Crippen LogP contribution in [-0.4, -0.2) is 36.9 Å². The van der Waals surface area contributed by atoms with Crippen molar-refractivity contribution in [3.8, 4) is 0 Å². The van der Waals surface area contributed by atoms with E-state index >= 15 is 0 Å². The summed E-state index contributed by atoms with van der Waals surface area (Å²) in [6.07, 6.45) is 1.10. The Hall–Kier alpha value is -1.44. The zero-order chi connectivity index (χ0) is 15.0. The molecule has 1 unspecified atom stereocenters. The number of benzene rings is 1. The zero-order valence-electron chi connectivity index (χ0n) is 11.5. The molecule has 1 saturated heterocycles. The molecule has 0 aliphatic carbocycles. The van der Waals surface area contributed by atoms with Gasteiger partial charge in [-0.25, -0.2) is 8.42 Å². The molecule has 6 nitrogen and oxygen atoms in total. The van der Waals surface area contributed by atoms with Gasteiger partial charge in [0.25, 0.3) is 0 Å². The fraction of sp³-hybridized carbons (Fsp3) is 0.500. The predicted molar refractivity (Wildman–Crippen MR) is 74.1 cm³/mol. The fourth-order valence-electron chi connectivity index (χ4n) is 2.82. The van der Waals surface area contributed by atoms with E-state index in [1.165, 1.54) is 4.31 Å². The summed E-state index contributed by atoms with van der Waals surface area (Å²) in [5.41, 5.74) is 1.90. The lowest BCUT2D eigenvalue weighted by Gasteiger charge is -2.29. The second kappa shape index (κ2) is 5.40. The van der Waals surface area contributed by atoms with Gasteiger partial charge in [-0.3, -0.25) is 4.79 Å². The zero-order valence-corrected chi connectivity index (χ0v) is 12.3. The number of rotatable bonds is 3. The molecule has 1 aromatic carbocycles. The third-order valence-electron chi connectivity index (χ3n) is 4.06. The number of ether oxygens (including phenoxy) is 1. The highest BCUT2D eigenvalue weighted by Gasteiger charge is 2.33. The van der Waals surface area contributed by atoms with E-state index in [9.17, 15) is 13.2 Å². The summed E-state index contributed by atoms with van der Waals surface area (Å²) in [4.78, 5) is 11.3. The van der Waals surface area contributed by atoms with Crippen LogP contribution in [0.3, 0.4) is 0 Å². The van der Waals surface area contributed by atoms with Crippen LogP contribution in [0.4, 0.5) is 0 Å². The Morgan fingerprint density at radius 2 is 2.05 bits per heavy atom. The Morgan fingerprint density at radius 3 is 2.81 bits per heavy atom. The van der Waals surface area contributed by atoms with E-state index in [4.69, 9.17) is 9.84 Å². The Labute approximate surface area is 123 Å². The van der Waals surface area contributed by atoms with E-state index in [-0.39, 0.29) is 11.4 Å². The highest BCUT2D eigenvalue weighted by molar-refractivity contribution is 7.89. The first-order chi connectivity index (χ1) is 9.98. The molecule has 3 rings (SSSR count). The Bertz CT molecular complexity index is 670. The van der Waals surface area contributed by atoms with E-state index in [1.807, 2.05) is 0 Å². The van der Waals surface area contributed by atoms with Crippen LogP contribution in [0.1, 0.15) is 24.0 Å². The maximum absolute atomic E-state index is 12.6. The molecule has 0 amide bonds. The molecule has 0 spiro atoms. The summed E-state index contributed by atoms with van der Waals surface area (Å²) in [6.45, 7) is 1.36. The van der Waals surface area contributed by atoms with Crippen molar-refractivity contribution >= 4 is 16.0 Å². The predicted octanol–water partition coefficient (Wildman–Crippen LogP) is 1.20. The van der Waals surface area contributed by atoms with Crippen molar-refractivity contribution in [1.82, 2.24) is 4.31 Å². The first-order valence-electron chi connectivity index (χ1n) is 6.91. The smallest absolute Gasteiger partial charge is 0.307 e. The quantitative estimate of drug-likeness (QED) is 0.907. The van der Waals surface area contributed by atoms with Crippen molar-refractivity contribution in [1.29, 1.82) is 0 Å². The molecule has 114 valence electrons. The molecule has 2 heterocycles. The Balaban J connectivity index is 1.88. The van der Waals surface area contributed by atoms with Gasteiger partial charge in [-0.05, 0) is 36.1 Å². The number of hydrogen-bond acceptors (Lipinski definition) is 4. The van der Waals surface area contributed by atoms with E-state index in [0.29, 0.717) is 32.6 Å². The van der Waals surface area contributed by atoms with Crippen LogP contribution in [0.2, 0.25) is 0 Å². The van der Waals surface area contributed by atoms with Crippen molar-refractivity contribution in [2.24, 2.45) is 5.92 Å². The summed E-state index contributed by atoms with van der Waals surface area (Å²) in [5.74, 6) is -1.55. The standard InChI is InChI=1S/C14H17NO5S/c16-14(17)10-2-1-5-15(7-10)21(18,19)13-4-3-11-8-20-9-12(11)6-13/h3-4,6,10H,1-2,5,7-9H2,(H,16,17). The summed E-state index contributed by atoms with van der Waals surface area (Å²) in [6, 6.07) is 4.99. The van der Waals surface area contributed by atoms with Gasteiger partial charge in [0, 0.05) is 13.1 Å². The molecule has 1 aromatic rings. The molecule has 2 aliphatic rings. The normalized spacial score (nSPS) is 23.0. The average Bonchev–Trinajstić information content (AvgIpc) is 2.94. The molecule has 21 heavy (non-hydrogen) atoms. The van der Waals surface area contributed by atoms with Gasteiger partial charge in [0.05, 0.1) is 24.0 Å². The first kappa shape index (κ1) is 14.5. The number of carboxylic acids is 1. The summed E-state index contributed by atoms with van der Waals surface area (Å²) >= 11 is 0. The summed E-state index contributed by atoms with van der Waals surface area (Å²) in [7, 11) is -3.64. The molecule has 0 aromatic heterocycles. The number of carbonyl (C=O) groups is 1. The molecule has 0 bridgehead atoms. The first-order valence-corrected chi connectivity index (χ1v) is 8.35. The number of hydrogen-bond donors (Lipinski definition) is 1. The highest BCUT2D eigenvalue weighted by atomic mass is 32.2. The second-order valence-corrected chi connectivity index (χ2v) is 7.40. The minimum absolute atomic E-state index is 0.0469. The largest absolute Gasteiger partial charge is 0.481 e. The van der Waals surface area contributed by atoms with Crippen LogP contribution < -0.4 is 0 Å². The molecule has 0 saturated carbocycles. The summed E-state index contributed by atoms with van der Waals surface area (Å²) in [5, 5.41) is 9.08. The van der Waals surface area contributed by atoms with Crippen molar-refractivity contribution in [2.75, 3.05) is 13.1 Å². The monoisotopic (exact) mass is 311 g/mol. The van der Waals surface area contributed by atoms with Crippen LogP contribution in [0.15, 0.2) is 23.1 Å². The lowest BCUT2D eigenvalue weighted by atomic mass is 10.0. The molecule has 1 fully saturated rings. The van der Waals surface area contributed by atoms with E-state index in [1.54, 1.807) is 18.2 Å². The van der Waals surface area contributed by atoms with Gasteiger partial charge in [0.2, 0.25) is 10.0 Å². The number of carboxylic acid groups (broad SMARTS) is 1. The maximum Gasteiger partial charge on any atom is 0.307 e. The van der Waals surface area contributed by atoms with E-state index in [2.05, 4.69) is 0 Å². The molecule has 2 aliphatic heterocycles. The van der Waals surface area contributed by atoms with Crippen LogP contribution in [0.25, 0.3) is 0 Å².